The van der Waals surface area contributed by atoms with Crippen LogP contribution in [-0.2, 0) is 23.4 Å². The average molecular weight is 407 g/mol. The molecule has 0 bridgehead atoms. The van der Waals surface area contributed by atoms with Gasteiger partial charge in [0.15, 0.2) is 8.32 Å². The molecule has 0 spiro atoms. The fourth-order valence-corrected chi connectivity index (χ4v) is 3.17. The van der Waals surface area contributed by atoms with E-state index >= 15 is 0 Å². The molecule has 5 nitrogen and oxygen atoms in total. The lowest BCUT2D eigenvalue weighted by atomic mass is 10.2. The summed E-state index contributed by atoms with van der Waals surface area (Å²) in [6.07, 6.45) is 6.37. The molecule has 0 fully saturated rings. The summed E-state index contributed by atoms with van der Waals surface area (Å²) in [5, 5.41) is 0.246. The molecule has 0 N–H and O–H groups in total. The van der Waals surface area contributed by atoms with Crippen LogP contribution in [0.5, 0.6) is 0 Å². The van der Waals surface area contributed by atoms with Crippen LogP contribution in [0.1, 0.15) is 59.8 Å². The minimum absolute atomic E-state index is 0.246. The molecule has 0 aliphatic carbocycles. The smallest absolute Gasteiger partial charge is 0.192 e. The summed E-state index contributed by atoms with van der Waals surface area (Å²) in [5.41, 5.74) is 0. The van der Waals surface area contributed by atoms with E-state index in [4.69, 9.17) is 23.4 Å². The lowest BCUT2D eigenvalue weighted by Crippen LogP contribution is -2.41. The summed E-state index contributed by atoms with van der Waals surface area (Å²) in [6, 6.07) is 0. The molecule has 27 heavy (non-hydrogen) atoms. The Balaban J connectivity index is 3.19. The third kappa shape index (κ3) is 16.7. The van der Waals surface area contributed by atoms with Crippen molar-refractivity contribution in [1.82, 2.24) is 0 Å². The van der Waals surface area contributed by atoms with Crippen molar-refractivity contribution in [2.75, 3.05) is 59.5 Å². The van der Waals surface area contributed by atoms with Gasteiger partial charge in [0.25, 0.3) is 0 Å². The molecule has 0 aromatic heterocycles. The molecule has 0 saturated heterocycles. The quantitative estimate of drug-likeness (QED) is 0.222. The van der Waals surface area contributed by atoms with E-state index in [-0.39, 0.29) is 5.04 Å². The molecule has 0 aromatic rings. The summed E-state index contributed by atoms with van der Waals surface area (Å²) in [6.45, 7) is 19.3. The van der Waals surface area contributed by atoms with Gasteiger partial charge in [-0.15, -0.1) is 0 Å². The predicted octanol–water partition coefficient (Wildman–Crippen LogP) is 5.05. The van der Waals surface area contributed by atoms with Gasteiger partial charge in [-0.25, -0.2) is 0 Å². The molecular weight excluding hydrogens is 360 g/mol. The molecule has 164 valence electrons. The van der Waals surface area contributed by atoms with Crippen molar-refractivity contribution in [3.05, 3.63) is 0 Å². The van der Waals surface area contributed by atoms with E-state index in [9.17, 15) is 0 Å². The first-order valence-corrected chi connectivity index (χ1v) is 13.7. The Labute approximate surface area is 169 Å². The van der Waals surface area contributed by atoms with Gasteiger partial charge < -0.3 is 23.4 Å². The zero-order chi connectivity index (χ0) is 20.4. The largest absolute Gasteiger partial charge is 0.414 e. The van der Waals surface area contributed by atoms with Crippen LogP contribution in [0.3, 0.4) is 0 Å². The molecule has 0 unspecified atom stereocenters. The number of hydrogen-bond donors (Lipinski definition) is 0. The molecule has 0 aliphatic rings. The first kappa shape index (κ1) is 27.0. The molecule has 0 rings (SSSR count). The summed E-state index contributed by atoms with van der Waals surface area (Å²) in [5.74, 6) is 0. The van der Waals surface area contributed by atoms with Gasteiger partial charge in [0, 0.05) is 6.61 Å². The van der Waals surface area contributed by atoms with Crippen LogP contribution < -0.4 is 0 Å². The Kier molecular flexibility index (Phi) is 16.9. The van der Waals surface area contributed by atoms with E-state index < -0.39 is 8.32 Å². The van der Waals surface area contributed by atoms with Crippen molar-refractivity contribution in [2.45, 2.75) is 77.9 Å². The second kappa shape index (κ2) is 16.9. The average Bonchev–Trinajstić information content (AvgIpc) is 2.59. The summed E-state index contributed by atoms with van der Waals surface area (Å²) in [7, 11) is -1.65. The van der Waals surface area contributed by atoms with Gasteiger partial charge in [0.2, 0.25) is 0 Å². The minimum atomic E-state index is -1.65. The van der Waals surface area contributed by atoms with Crippen molar-refractivity contribution < 1.29 is 23.4 Å². The van der Waals surface area contributed by atoms with Crippen molar-refractivity contribution in [2.24, 2.45) is 0 Å². The standard InChI is InChI=1S/C21H46O5Si/c1-7-8-9-10-11-12-22-13-14-23-15-16-24-17-18-25-19-20-26-27(5,6)21(2,3)4/h7-20H2,1-6H3. The highest BCUT2D eigenvalue weighted by molar-refractivity contribution is 6.74. The van der Waals surface area contributed by atoms with E-state index in [0.29, 0.717) is 52.9 Å². The Morgan fingerprint density at radius 1 is 0.556 bits per heavy atom. The maximum atomic E-state index is 6.06. The van der Waals surface area contributed by atoms with Gasteiger partial charge in [-0.05, 0) is 24.6 Å². The van der Waals surface area contributed by atoms with Crippen molar-refractivity contribution in [3.8, 4) is 0 Å². The zero-order valence-electron chi connectivity index (χ0n) is 18.9. The van der Waals surface area contributed by atoms with Crippen LogP contribution in [0.4, 0.5) is 0 Å². The summed E-state index contributed by atoms with van der Waals surface area (Å²) < 4.78 is 28.1. The number of ether oxygens (including phenoxy) is 4. The Bertz CT molecular complexity index is 318. The third-order valence-electron chi connectivity index (χ3n) is 5.01. The topological polar surface area (TPSA) is 46.2 Å². The molecule has 0 radical (unpaired) electrons. The van der Waals surface area contributed by atoms with Crippen molar-refractivity contribution in [3.63, 3.8) is 0 Å². The molecule has 0 amide bonds. The molecule has 0 atom stereocenters. The lowest BCUT2D eigenvalue weighted by molar-refractivity contribution is -0.00530. The van der Waals surface area contributed by atoms with Crippen LogP contribution in [0.2, 0.25) is 18.1 Å². The molecular formula is C21H46O5Si. The SMILES string of the molecule is CCCCCCCOCCOCCOCCOCCO[Si](C)(C)C(C)(C)C. The van der Waals surface area contributed by atoms with Gasteiger partial charge in [-0.2, -0.15) is 0 Å². The molecule has 6 heteroatoms. The first-order valence-electron chi connectivity index (χ1n) is 10.8. The highest BCUT2D eigenvalue weighted by Gasteiger charge is 2.36. The first-order chi connectivity index (χ1) is 12.8. The normalized spacial score (nSPS) is 12.7. The van der Waals surface area contributed by atoms with Gasteiger partial charge >= 0.3 is 0 Å². The van der Waals surface area contributed by atoms with Gasteiger partial charge in [0.1, 0.15) is 0 Å². The minimum Gasteiger partial charge on any atom is -0.414 e. The Morgan fingerprint density at radius 3 is 1.41 bits per heavy atom. The molecule has 0 heterocycles. The van der Waals surface area contributed by atoms with Gasteiger partial charge in [-0.3, -0.25) is 0 Å². The molecule has 0 saturated carbocycles. The van der Waals surface area contributed by atoms with Crippen LogP contribution in [-0.4, -0.2) is 67.8 Å². The van der Waals surface area contributed by atoms with E-state index in [1.54, 1.807) is 0 Å². The second-order valence-electron chi connectivity index (χ2n) is 8.47. The number of rotatable bonds is 19. The predicted molar refractivity (Wildman–Crippen MR) is 115 cm³/mol. The lowest BCUT2D eigenvalue weighted by Gasteiger charge is -2.36. The van der Waals surface area contributed by atoms with Gasteiger partial charge in [-0.1, -0.05) is 53.4 Å². The monoisotopic (exact) mass is 406 g/mol. The number of unbranched alkanes of at least 4 members (excludes halogenated alkanes) is 4. The maximum absolute atomic E-state index is 6.06. The number of hydrogen-bond acceptors (Lipinski definition) is 5. The van der Waals surface area contributed by atoms with E-state index in [1.165, 1.54) is 25.7 Å². The highest BCUT2D eigenvalue weighted by atomic mass is 28.4. The van der Waals surface area contributed by atoms with Crippen LogP contribution >= 0.6 is 0 Å². The fraction of sp³-hybridized carbons (Fsp3) is 1.00. The van der Waals surface area contributed by atoms with E-state index in [1.807, 2.05) is 0 Å². The van der Waals surface area contributed by atoms with Crippen molar-refractivity contribution >= 4 is 8.32 Å². The maximum Gasteiger partial charge on any atom is 0.192 e. The summed E-state index contributed by atoms with van der Waals surface area (Å²) in [4.78, 5) is 0. The highest BCUT2D eigenvalue weighted by Crippen LogP contribution is 2.36. The second-order valence-corrected chi connectivity index (χ2v) is 13.3. The zero-order valence-corrected chi connectivity index (χ0v) is 19.9. The van der Waals surface area contributed by atoms with Crippen molar-refractivity contribution in [1.29, 1.82) is 0 Å². The van der Waals surface area contributed by atoms with Crippen LogP contribution in [0.25, 0.3) is 0 Å². The van der Waals surface area contributed by atoms with Crippen LogP contribution in [0.15, 0.2) is 0 Å². The molecule has 0 aliphatic heterocycles. The van der Waals surface area contributed by atoms with Crippen LogP contribution in [0, 0.1) is 0 Å². The Hall–Kier alpha value is 0.0169. The Morgan fingerprint density at radius 2 is 0.963 bits per heavy atom. The third-order valence-corrected chi connectivity index (χ3v) is 9.54. The summed E-state index contributed by atoms with van der Waals surface area (Å²) >= 11 is 0. The fourth-order valence-electron chi connectivity index (χ4n) is 2.14. The van der Waals surface area contributed by atoms with Gasteiger partial charge in [0.05, 0.1) is 52.9 Å². The van der Waals surface area contributed by atoms with E-state index in [0.717, 1.165) is 13.0 Å². The molecule has 0 aromatic carbocycles. The van der Waals surface area contributed by atoms with E-state index in [2.05, 4.69) is 40.8 Å².